The third-order valence-corrected chi connectivity index (χ3v) is 7.80. The number of azide groups is 1. The second-order valence-corrected chi connectivity index (χ2v) is 9.36. The topological polar surface area (TPSA) is 142 Å². The van der Waals surface area contributed by atoms with Gasteiger partial charge in [-0.25, -0.2) is 9.46 Å². The number of aromatic nitrogens is 2. The highest BCUT2D eigenvalue weighted by Gasteiger charge is 2.39. The summed E-state index contributed by atoms with van der Waals surface area (Å²) in [6.07, 6.45) is 0.130. The van der Waals surface area contributed by atoms with Crippen molar-refractivity contribution in [3.8, 4) is 0 Å². The van der Waals surface area contributed by atoms with Crippen LogP contribution >= 0.6 is 19.1 Å². The van der Waals surface area contributed by atoms with E-state index in [1.165, 1.54) is 10.8 Å². The molecule has 1 aromatic rings. The first-order valence-electron chi connectivity index (χ1n) is 8.86. The number of H-pyrrole nitrogens is 1. The summed E-state index contributed by atoms with van der Waals surface area (Å²) in [4.78, 5) is 28.7. The van der Waals surface area contributed by atoms with Crippen LogP contribution in [0.4, 0.5) is 0 Å². The van der Waals surface area contributed by atoms with Crippen molar-refractivity contribution >= 4 is 19.1 Å². The van der Waals surface area contributed by atoms with Crippen LogP contribution in [0.15, 0.2) is 20.9 Å². The zero-order valence-electron chi connectivity index (χ0n) is 15.9. The molecule has 1 aliphatic rings. The van der Waals surface area contributed by atoms with Crippen LogP contribution in [0.5, 0.6) is 0 Å². The molecule has 1 fully saturated rings. The van der Waals surface area contributed by atoms with Crippen LogP contribution in [0, 0.1) is 6.92 Å². The lowest BCUT2D eigenvalue weighted by atomic mass is 10.1. The van der Waals surface area contributed by atoms with Crippen LogP contribution in [0.3, 0.4) is 0 Å². The summed E-state index contributed by atoms with van der Waals surface area (Å²) in [6, 6.07) is -0.630. The molecule has 0 aliphatic carbocycles. The van der Waals surface area contributed by atoms with Crippen LogP contribution in [-0.2, 0) is 13.8 Å². The predicted octanol–water partition coefficient (Wildman–Crippen LogP) is 2.56. The molecule has 0 radical (unpaired) electrons. The first-order valence-corrected chi connectivity index (χ1v) is 11.2. The molecule has 1 saturated heterocycles. The first-order chi connectivity index (χ1) is 13.3. The number of aryl methyl sites for hydroxylation is 1. The van der Waals surface area contributed by atoms with Gasteiger partial charge in [-0.1, -0.05) is 19.0 Å². The van der Waals surface area contributed by atoms with Crippen molar-refractivity contribution in [1.29, 1.82) is 0 Å². The van der Waals surface area contributed by atoms with Gasteiger partial charge >= 0.3 is 5.69 Å². The molecule has 28 heavy (non-hydrogen) atoms. The van der Waals surface area contributed by atoms with Gasteiger partial charge in [-0.3, -0.25) is 18.9 Å². The minimum absolute atomic E-state index is 0.113. The van der Waals surface area contributed by atoms with E-state index in [1.807, 2.05) is 13.8 Å². The normalized spacial score (nSPS) is 24.1. The molecule has 1 N–H and O–H groups in total. The summed E-state index contributed by atoms with van der Waals surface area (Å²) in [7, 11) is -3.26. The molecule has 4 atom stereocenters. The third-order valence-electron chi connectivity index (χ3n) is 4.61. The maximum absolute atomic E-state index is 13.0. The van der Waals surface area contributed by atoms with Gasteiger partial charge in [-0.2, -0.15) is 0 Å². The van der Waals surface area contributed by atoms with Crippen molar-refractivity contribution in [2.75, 3.05) is 25.3 Å². The number of nitrogens with zero attached hydrogens (tertiary/aromatic N) is 5. The fraction of sp³-hybridized carbons (Fsp3) is 0.733. The van der Waals surface area contributed by atoms with E-state index in [9.17, 15) is 14.2 Å². The van der Waals surface area contributed by atoms with Crippen LogP contribution in [0.25, 0.3) is 10.4 Å². The van der Waals surface area contributed by atoms with Gasteiger partial charge in [-0.15, -0.1) is 11.6 Å². The molecule has 0 saturated carbocycles. The van der Waals surface area contributed by atoms with Gasteiger partial charge in [0.1, 0.15) is 11.8 Å². The average molecular weight is 435 g/mol. The molecule has 13 heteroatoms. The zero-order valence-corrected chi connectivity index (χ0v) is 17.6. The Hall–Kier alpha value is -1.61. The molecule has 2 rings (SSSR count). The van der Waals surface area contributed by atoms with Crippen molar-refractivity contribution in [3.63, 3.8) is 0 Å². The van der Waals surface area contributed by atoms with E-state index in [2.05, 4.69) is 15.0 Å². The van der Waals surface area contributed by atoms with E-state index < -0.39 is 37.1 Å². The third kappa shape index (κ3) is 4.86. The summed E-state index contributed by atoms with van der Waals surface area (Å²) >= 11 is 5.89. The van der Waals surface area contributed by atoms with Crippen LogP contribution in [-0.4, -0.2) is 51.7 Å². The summed E-state index contributed by atoms with van der Waals surface area (Å²) in [5.74, 6) is 0. The monoisotopic (exact) mass is 434 g/mol. The number of halogens is 1. The second kappa shape index (κ2) is 9.73. The number of nitrogens with one attached hydrogen (secondary N) is 1. The van der Waals surface area contributed by atoms with Crippen LogP contribution in [0.2, 0.25) is 0 Å². The molecule has 2 unspecified atom stereocenters. The Bertz CT molecular complexity index is 894. The largest absolute Gasteiger partial charge is 0.352 e. The molecule has 1 aliphatic heterocycles. The molecule has 2 heterocycles. The SMILES string of the molecule is CCN(CC)P(=O)(CCl)OC[C@H]1O[C@@H](n2cc(C)c(=O)[nH]c2=O)CC1N=[N+]=[N-]. The van der Waals surface area contributed by atoms with E-state index in [1.54, 1.807) is 11.6 Å². The predicted molar refractivity (Wildman–Crippen MR) is 105 cm³/mol. The number of aromatic amines is 1. The summed E-state index contributed by atoms with van der Waals surface area (Å²) in [5, 5.41) is 3.71. The van der Waals surface area contributed by atoms with Gasteiger partial charge in [-0.05, 0) is 12.5 Å². The number of ether oxygens (including phenoxy) is 1. The quantitative estimate of drug-likeness (QED) is 0.208. The molecule has 0 bridgehead atoms. The minimum Gasteiger partial charge on any atom is -0.352 e. The average Bonchev–Trinajstić information content (AvgIpc) is 3.07. The minimum atomic E-state index is -3.26. The van der Waals surface area contributed by atoms with Crippen molar-refractivity contribution in [2.45, 2.75) is 45.6 Å². The van der Waals surface area contributed by atoms with Crippen molar-refractivity contribution in [2.24, 2.45) is 5.11 Å². The molecule has 0 amide bonds. The Morgan fingerprint density at radius 2 is 2.18 bits per heavy atom. The molecule has 1 aromatic heterocycles. The number of alkyl halides is 1. The van der Waals surface area contributed by atoms with E-state index in [-0.39, 0.29) is 18.6 Å². The van der Waals surface area contributed by atoms with Gasteiger partial charge in [0.05, 0.1) is 18.8 Å². The maximum Gasteiger partial charge on any atom is 0.330 e. The zero-order chi connectivity index (χ0) is 20.9. The van der Waals surface area contributed by atoms with Gasteiger partial charge < -0.3 is 9.26 Å². The molecule has 156 valence electrons. The Morgan fingerprint density at radius 1 is 1.50 bits per heavy atom. The van der Waals surface area contributed by atoms with Gasteiger partial charge in [0.15, 0.2) is 0 Å². The molecule has 0 aromatic carbocycles. The lowest BCUT2D eigenvalue weighted by molar-refractivity contribution is -0.0232. The molecule has 11 nitrogen and oxygen atoms in total. The van der Waals surface area contributed by atoms with E-state index in [0.717, 1.165) is 0 Å². The molecule has 0 spiro atoms. The fourth-order valence-electron chi connectivity index (χ4n) is 3.06. The Morgan fingerprint density at radius 3 is 2.75 bits per heavy atom. The van der Waals surface area contributed by atoms with E-state index in [0.29, 0.717) is 18.7 Å². The Balaban J connectivity index is 2.21. The van der Waals surface area contributed by atoms with Gasteiger partial charge in [0, 0.05) is 36.2 Å². The van der Waals surface area contributed by atoms with E-state index >= 15 is 0 Å². The lowest BCUT2D eigenvalue weighted by Gasteiger charge is -2.29. The van der Waals surface area contributed by atoms with Crippen LogP contribution < -0.4 is 11.2 Å². The van der Waals surface area contributed by atoms with Crippen molar-refractivity contribution in [3.05, 3.63) is 43.0 Å². The standard InChI is InChI=1S/C15H24ClN6O5P/c1-4-21(5-2)28(25,9-16)26-8-12-11(19-20-17)6-13(27-12)22-7-10(3)14(23)18-15(22)24/h7,11-13H,4-6,8-9H2,1-3H3,(H,18,23,24)/t11?,12-,13-,28?/m1/s1. The number of rotatable bonds is 9. The molecular formula is C15H24ClN6O5P. The van der Waals surface area contributed by atoms with Gasteiger partial charge in [0.25, 0.3) is 13.1 Å². The summed E-state index contributed by atoms with van der Waals surface area (Å²) < 4.78 is 27.3. The van der Waals surface area contributed by atoms with Gasteiger partial charge in [0.2, 0.25) is 0 Å². The van der Waals surface area contributed by atoms with Crippen molar-refractivity contribution < 1.29 is 13.8 Å². The Labute approximate surface area is 166 Å². The number of hydrogen-bond acceptors (Lipinski definition) is 6. The van der Waals surface area contributed by atoms with E-state index in [4.69, 9.17) is 26.4 Å². The summed E-state index contributed by atoms with van der Waals surface area (Å²) in [6.45, 7) is 6.15. The van der Waals surface area contributed by atoms with Crippen molar-refractivity contribution in [1.82, 2.24) is 14.2 Å². The lowest BCUT2D eigenvalue weighted by Crippen LogP contribution is -2.33. The highest BCUT2D eigenvalue weighted by molar-refractivity contribution is 7.58. The smallest absolute Gasteiger partial charge is 0.330 e. The number of hydrogen-bond donors (Lipinski definition) is 1. The Kier molecular flexibility index (Phi) is 7.88. The highest BCUT2D eigenvalue weighted by Crippen LogP contribution is 2.52. The molecular weight excluding hydrogens is 411 g/mol. The second-order valence-electron chi connectivity index (χ2n) is 6.31. The highest BCUT2D eigenvalue weighted by atomic mass is 35.5. The summed E-state index contributed by atoms with van der Waals surface area (Å²) in [5.41, 5.74) is 7.89. The fourth-order valence-corrected chi connectivity index (χ4v) is 5.35. The maximum atomic E-state index is 13.0. The first kappa shape index (κ1) is 22.7. The van der Waals surface area contributed by atoms with Crippen LogP contribution in [0.1, 0.15) is 32.1 Å².